The van der Waals surface area contributed by atoms with E-state index in [0.29, 0.717) is 48.1 Å². The fourth-order valence-corrected chi connectivity index (χ4v) is 12.4. The lowest BCUT2D eigenvalue weighted by Crippen LogP contribution is -2.23. The average Bonchev–Trinajstić information content (AvgIpc) is 1.72. The van der Waals surface area contributed by atoms with Crippen LogP contribution in [0.2, 0.25) is 0 Å². The van der Waals surface area contributed by atoms with Crippen molar-refractivity contribution < 1.29 is 24.8 Å². The van der Waals surface area contributed by atoms with Gasteiger partial charge in [0, 0.05) is 61.5 Å². The van der Waals surface area contributed by atoms with Crippen molar-refractivity contribution in [1.29, 1.82) is 21.2 Å². The lowest BCUT2D eigenvalue weighted by molar-refractivity contribution is 0.264. The lowest BCUT2D eigenvalue weighted by Gasteiger charge is -2.15. The van der Waals surface area contributed by atoms with E-state index in [1.807, 2.05) is 93.6 Å². The van der Waals surface area contributed by atoms with Crippen LogP contribution >= 0.6 is 24.0 Å². The second-order valence-corrected chi connectivity index (χ2v) is 25.0. The van der Waals surface area contributed by atoms with Crippen LogP contribution in [0.3, 0.4) is 0 Å². The lowest BCUT2D eigenvalue weighted by atomic mass is 9.93. The van der Waals surface area contributed by atoms with Crippen molar-refractivity contribution in [3.05, 3.63) is 212 Å². The largest absolute Gasteiger partial charge is 0.480 e. The minimum absolute atomic E-state index is 0. The van der Waals surface area contributed by atoms with Gasteiger partial charge in [-0.1, -0.05) is 179 Å². The maximum absolute atomic E-state index is 9.13. The van der Waals surface area contributed by atoms with Crippen LogP contribution < -0.4 is 11.1 Å². The van der Waals surface area contributed by atoms with E-state index in [1.165, 1.54) is 64.0 Å². The maximum Gasteiger partial charge on any atom is 0.191 e. The minimum atomic E-state index is -0.400. The Hall–Kier alpha value is -6.40. The molecule has 0 amide bonds. The summed E-state index contributed by atoms with van der Waals surface area (Å²) >= 11 is 5.27. The molecule has 8 fully saturated rings. The van der Waals surface area contributed by atoms with E-state index in [0.717, 1.165) is 61.5 Å². The molecule has 11 atom stereocenters. The number of hydrogen-bond acceptors (Lipinski definition) is 11. The molecule has 0 spiro atoms. The van der Waals surface area contributed by atoms with E-state index in [1.54, 1.807) is 5.56 Å². The number of halogens is 2. The van der Waals surface area contributed by atoms with Crippen molar-refractivity contribution in [2.24, 2.45) is 35.3 Å². The number of ether oxygens (including phenoxy) is 2. The predicted molar refractivity (Wildman–Crippen MR) is 341 cm³/mol. The van der Waals surface area contributed by atoms with E-state index in [2.05, 4.69) is 117 Å². The second kappa shape index (κ2) is 28.9. The van der Waals surface area contributed by atoms with Crippen LogP contribution in [0.4, 0.5) is 0 Å². The van der Waals surface area contributed by atoms with E-state index in [4.69, 9.17) is 63.3 Å². The second-order valence-electron chi connectivity index (χ2n) is 24.7. The molecule has 7 N–H and O–H groups in total. The van der Waals surface area contributed by atoms with Gasteiger partial charge >= 0.3 is 0 Å². The number of piperidine rings is 1. The molecule has 3 heterocycles. The minimum Gasteiger partial charge on any atom is -0.480 e. The van der Waals surface area contributed by atoms with Gasteiger partial charge in [-0.3, -0.25) is 5.41 Å². The summed E-state index contributed by atoms with van der Waals surface area (Å²) in [5, 5.41) is 65.1. The first-order valence-electron chi connectivity index (χ1n) is 29.7. The Morgan fingerprint density at radius 1 is 0.553 bits per heavy atom. The van der Waals surface area contributed by atoms with Gasteiger partial charge in [0.2, 0.25) is 0 Å². The number of aryl methyl sites for hydroxylation is 6. The smallest absolute Gasteiger partial charge is 0.191 e. The number of nitrogens with zero attached hydrogens (tertiary/aromatic N) is 3. The number of nitriles is 3. The molecule has 0 radical (unpaired) electrons. The molecule has 7 unspecified atom stereocenters. The van der Waals surface area contributed by atoms with Crippen molar-refractivity contribution in [2.45, 2.75) is 113 Å². The molecule has 0 bridgehead atoms. The Morgan fingerprint density at radius 2 is 0.965 bits per heavy atom. The normalized spacial score (nSPS) is 28.9. The molecule has 5 saturated carbocycles. The topological polar surface area (TPSA) is 216 Å². The first-order chi connectivity index (χ1) is 40.5. The average molecular weight is 1190 g/mol. The van der Waals surface area contributed by atoms with Crippen molar-refractivity contribution in [3.8, 4) is 18.2 Å². The third-order valence-electron chi connectivity index (χ3n) is 18.8. The Kier molecular flexibility index (Phi) is 22.5. The zero-order chi connectivity index (χ0) is 60.3. The first kappa shape index (κ1) is 66.1. The number of rotatable bonds is 11. The van der Waals surface area contributed by atoms with Crippen molar-refractivity contribution in [1.82, 2.24) is 5.32 Å². The quantitative estimate of drug-likeness (QED) is 0.0533. The number of alkyl halides is 1. The predicted octanol–water partition coefficient (Wildman–Crippen LogP) is 12.0. The van der Waals surface area contributed by atoms with Crippen molar-refractivity contribution in [3.63, 3.8) is 0 Å². The fourth-order valence-electron chi connectivity index (χ4n) is 12.2. The Bertz CT molecular complexity index is 3190. The zero-order valence-electron chi connectivity index (χ0n) is 50.3. The SMILES string of the molecule is Cc1ccc(C2(CN)CC2CO)cc1.Cc1ccc(C23CC2COC3=N)cc1.Cc1ccc(C23CNCC2C3)cc1.Cc1ccc(CC#N)cc1.Cc1ccc([C@@]2(C#N)C[C@@H]2CO)cc1.Cc1ccc([C@]2(C#N)C[C@@H]2CO)cc1.Cl.ClCC1CO1. The van der Waals surface area contributed by atoms with Crippen LogP contribution in [0.1, 0.15) is 98.9 Å². The highest BCUT2D eigenvalue weighted by molar-refractivity contribution is 6.18. The molecule has 11 nitrogen and oxygen atoms in total. The Balaban J connectivity index is 0.000000144. The van der Waals surface area contributed by atoms with Gasteiger partial charge in [-0.2, -0.15) is 15.8 Å². The van der Waals surface area contributed by atoms with Gasteiger partial charge in [0.05, 0.1) is 66.1 Å². The van der Waals surface area contributed by atoms with E-state index >= 15 is 0 Å². The molecule has 85 heavy (non-hydrogen) atoms. The summed E-state index contributed by atoms with van der Waals surface area (Å²) in [4.78, 5) is 0. The summed E-state index contributed by atoms with van der Waals surface area (Å²) in [7, 11) is 0. The van der Waals surface area contributed by atoms with Crippen LogP contribution in [0.15, 0.2) is 146 Å². The molecule has 6 aromatic rings. The highest BCUT2D eigenvalue weighted by Gasteiger charge is 2.64. The number of hydrogen-bond donors (Lipinski definition) is 6. The number of nitrogens with two attached hydrogens (primary N) is 1. The summed E-state index contributed by atoms with van der Waals surface area (Å²) in [6.45, 7) is 17.6. The van der Waals surface area contributed by atoms with Gasteiger partial charge in [-0.15, -0.1) is 24.0 Å². The van der Waals surface area contributed by atoms with Crippen molar-refractivity contribution >= 4 is 29.9 Å². The summed E-state index contributed by atoms with van der Waals surface area (Å²) in [5.74, 6) is 3.28. The molecule has 448 valence electrons. The van der Waals surface area contributed by atoms with Crippen LogP contribution in [-0.4, -0.2) is 85.9 Å². The summed E-state index contributed by atoms with van der Waals surface area (Å²) in [5.41, 5.74) is 20.4. The summed E-state index contributed by atoms with van der Waals surface area (Å²) in [6, 6.07) is 56.9. The zero-order valence-corrected chi connectivity index (χ0v) is 51.9. The van der Waals surface area contributed by atoms with Crippen LogP contribution in [0, 0.1) is 111 Å². The van der Waals surface area contributed by atoms with E-state index in [-0.39, 0.29) is 54.9 Å². The summed E-state index contributed by atoms with van der Waals surface area (Å²) < 4.78 is 10.0. The van der Waals surface area contributed by atoms with Gasteiger partial charge in [0.15, 0.2) is 5.90 Å². The molecule has 13 heteroatoms. The van der Waals surface area contributed by atoms with Gasteiger partial charge < -0.3 is 35.8 Å². The molecular formula is C72H86Cl2N6O5. The molecule has 8 aliphatic rings. The molecule has 14 rings (SSSR count). The number of fused-ring (bicyclic) bond motifs is 2. The third-order valence-corrected chi connectivity index (χ3v) is 19.1. The number of aliphatic hydroxyl groups is 3. The van der Waals surface area contributed by atoms with Gasteiger partial charge in [0.25, 0.3) is 0 Å². The van der Waals surface area contributed by atoms with Crippen LogP contribution in [0.25, 0.3) is 0 Å². The monoisotopic (exact) mass is 1180 g/mol. The fraction of sp³-hybridized carbons (Fsp3) is 0.444. The van der Waals surface area contributed by atoms with E-state index in [9.17, 15) is 0 Å². The standard InChI is InChI=1S/C12H13NO.C12H17NO.2C12H13NO.C12H15N.C9H9N.C3H5ClO.ClH/c1-8-2-4-9(5-3-8)12-6-10(12)7-14-11(12)13;3*1-9-2-4-10(5-3-9)12(8-13)6-11(12)7-14;1-9-2-4-10(5-3-9)12-6-11(12)7-13-8-12;1-8-2-4-9(5-3-8)6-7-10;4-1-3-2-5-3;/h2-5,10,13H,6-7H2,1H3;2-5,11,14H,6-8,13H2,1H3;2*2-5,11,14H,6-7H2,1H3;2-5,11,13H,6-8H2,1H3;2-5H,6H2,1H3;3H,1-2H2;1H/t;;11-,12+;11-,12-;;;;/m..11..../s1. The third kappa shape index (κ3) is 15.4. The highest BCUT2D eigenvalue weighted by atomic mass is 35.5. The number of nitrogens with one attached hydrogen (secondary N) is 2. The number of benzene rings is 6. The first-order valence-corrected chi connectivity index (χ1v) is 30.3. The highest BCUT2D eigenvalue weighted by Crippen LogP contribution is 2.60. The molecule has 0 aromatic heterocycles. The van der Waals surface area contributed by atoms with Gasteiger partial charge in [0.1, 0.15) is 0 Å². The Labute approximate surface area is 516 Å². The maximum atomic E-state index is 9.13. The molecular weight excluding hydrogens is 1100 g/mol. The molecule has 3 aliphatic heterocycles. The Morgan fingerprint density at radius 3 is 1.25 bits per heavy atom. The molecule has 5 aliphatic carbocycles. The van der Waals surface area contributed by atoms with E-state index < -0.39 is 10.8 Å². The molecule has 3 saturated heterocycles. The van der Waals surface area contributed by atoms with Gasteiger partial charge in [-0.05, 0) is 125 Å². The number of aliphatic hydroxyl groups excluding tert-OH is 3. The number of epoxide rings is 1. The van der Waals surface area contributed by atoms with Gasteiger partial charge in [-0.25, -0.2) is 0 Å². The molecule has 6 aromatic carbocycles. The van der Waals surface area contributed by atoms with Crippen LogP contribution in [0.5, 0.6) is 0 Å². The summed E-state index contributed by atoms with van der Waals surface area (Å²) in [6.07, 6.45) is 6.05. The van der Waals surface area contributed by atoms with Crippen molar-refractivity contribution in [2.75, 3.05) is 58.5 Å². The van der Waals surface area contributed by atoms with Crippen LogP contribution in [-0.2, 0) is 43.0 Å².